The summed E-state index contributed by atoms with van der Waals surface area (Å²) in [6.45, 7) is 1.57. The number of phenolic OH excluding ortho intramolecular Hbond substituents is 2. The Bertz CT molecular complexity index is 508. The van der Waals surface area contributed by atoms with Crippen molar-refractivity contribution in [3.8, 4) is 11.5 Å². The Kier molecular flexibility index (Phi) is 3.00. The molecule has 6 heteroatoms. The van der Waals surface area contributed by atoms with Gasteiger partial charge in [0, 0.05) is 0 Å². The fourth-order valence-corrected chi connectivity index (χ4v) is 1.10. The van der Waals surface area contributed by atoms with Crippen molar-refractivity contribution >= 4 is 5.97 Å². The first kappa shape index (κ1) is 9.26. The third kappa shape index (κ3) is 3.08. The molecule has 0 spiro atoms. The average molecular weight is 244 g/mol. The van der Waals surface area contributed by atoms with Crippen LogP contribution in [0.15, 0.2) is 18.1 Å². The van der Waals surface area contributed by atoms with Gasteiger partial charge in [-0.2, -0.15) is 0 Å². The van der Waals surface area contributed by atoms with Crippen LogP contribution in [0.2, 0.25) is 0 Å². The molecule has 0 aliphatic heterocycles. The minimum Gasteiger partial charge on any atom is -0.504 e. The molecular formula is C11H15NO5. The molecule has 0 heterocycles. The number of nitrogens with two attached hydrogens (primary N) is 1. The molecule has 0 radical (unpaired) electrons. The van der Waals surface area contributed by atoms with Crippen molar-refractivity contribution in [1.29, 1.82) is 0 Å². The maximum Gasteiger partial charge on any atom is 0.325 e. The van der Waals surface area contributed by atoms with E-state index < -0.39 is 53.3 Å². The number of esters is 1. The van der Waals surface area contributed by atoms with E-state index in [1.165, 1.54) is 6.92 Å². The van der Waals surface area contributed by atoms with E-state index in [9.17, 15) is 20.1 Å². The fraction of sp³-hybridized carbons (Fsp3) is 0.364. The number of phenols is 2. The van der Waals surface area contributed by atoms with Crippen LogP contribution in [0.5, 0.6) is 11.5 Å². The predicted molar refractivity (Wildman–Crippen MR) is 59.3 cm³/mol. The van der Waals surface area contributed by atoms with Gasteiger partial charge in [0.05, 0.1) is 10.7 Å². The predicted octanol–water partition coefficient (Wildman–Crippen LogP) is 0.0216. The summed E-state index contributed by atoms with van der Waals surface area (Å²) in [5, 5.41) is 28.7. The molecule has 94 valence electrons. The van der Waals surface area contributed by atoms with E-state index in [2.05, 4.69) is 4.74 Å². The Balaban J connectivity index is 3.30. The highest BCUT2D eigenvalue weighted by Gasteiger charge is 2.25. The lowest BCUT2D eigenvalue weighted by Gasteiger charge is -2.17. The number of carbonyl (C=O) groups is 1. The first-order valence-electron chi connectivity index (χ1n) is 6.35. The van der Waals surface area contributed by atoms with Gasteiger partial charge < -0.3 is 25.8 Å². The zero-order valence-electron chi connectivity index (χ0n) is 12.1. The van der Waals surface area contributed by atoms with Crippen LogP contribution in [0.4, 0.5) is 0 Å². The highest BCUT2D eigenvalue weighted by molar-refractivity contribution is 5.76. The van der Waals surface area contributed by atoms with Gasteiger partial charge in [0.15, 0.2) is 11.5 Å². The maximum absolute atomic E-state index is 11.4. The van der Waals surface area contributed by atoms with Crippen LogP contribution in [-0.2, 0) is 9.53 Å². The number of aliphatic hydroxyl groups excluding tert-OH is 1. The first-order valence-corrected chi connectivity index (χ1v) is 4.85. The Morgan fingerprint density at radius 2 is 2.18 bits per heavy atom. The fourth-order valence-electron chi connectivity index (χ4n) is 1.10. The standard InChI is InChI=1S/C11H15NO5/c1-2-17-11(16)9(12)10(15)6-3-4-7(13)8(14)5-6/h3-5,9-10,13-15H,2,12H2,1H3/t9-,10-/m1/s1/i3D,4D,5D. The largest absolute Gasteiger partial charge is 0.504 e. The molecule has 17 heavy (non-hydrogen) atoms. The van der Waals surface area contributed by atoms with Gasteiger partial charge in [-0.05, 0) is 24.6 Å². The molecule has 1 rings (SSSR count). The van der Waals surface area contributed by atoms with Gasteiger partial charge in [-0.1, -0.05) is 6.04 Å². The van der Waals surface area contributed by atoms with E-state index in [0.29, 0.717) is 0 Å². The van der Waals surface area contributed by atoms with Gasteiger partial charge in [-0.3, -0.25) is 4.79 Å². The van der Waals surface area contributed by atoms with Crippen molar-refractivity contribution < 1.29 is 29.0 Å². The number of aromatic hydroxyl groups is 2. The molecule has 0 aliphatic rings. The van der Waals surface area contributed by atoms with Crippen molar-refractivity contribution in [1.82, 2.24) is 0 Å². The third-order valence-corrected chi connectivity index (χ3v) is 1.99. The third-order valence-electron chi connectivity index (χ3n) is 1.99. The molecule has 0 fully saturated rings. The molecule has 6 nitrogen and oxygen atoms in total. The normalized spacial score (nSPS) is 16.5. The second-order valence-corrected chi connectivity index (χ2v) is 3.21. The zero-order valence-corrected chi connectivity index (χ0v) is 9.10. The number of rotatable bonds is 4. The lowest BCUT2D eigenvalue weighted by Crippen LogP contribution is -2.38. The maximum atomic E-state index is 11.4. The number of benzene rings is 1. The lowest BCUT2D eigenvalue weighted by atomic mass is 10.0. The number of carbonyl (C=O) groups excluding carboxylic acids is 1. The molecule has 0 saturated heterocycles. The summed E-state index contributed by atoms with van der Waals surface area (Å²) >= 11 is 0. The summed E-state index contributed by atoms with van der Waals surface area (Å²) in [7, 11) is 0. The second kappa shape index (κ2) is 5.51. The van der Waals surface area contributed by atoms with Gasteiger partial charge in [0.25, 0.3) is 0 Å². The molecule has 1 aromatic carbocycles. The summed E-state index contributed by atoms with van der Waals surface area (Å²) in [6, 6.07) is -3.82. The van der Waals surface area contributed by atoms with Gasteiger partial charge in [0.1, 0.15) is 12.1 Å². The summed E-state index contributed by atoms with van der Waals surface area (Å²) in [4.78, 5) is 11.4. The average Bonchev–Trinajstić information content (AvgIpc) is 2.42. The van der Waals surface area contributed by atoms with Crippen LogP contribution in [0, 0.1) is 0 Å². The molecule has 0 aromatic heterocycles. The minimum atomic E-state index is -1.82. The number of hydrogen-bond donors (Lipinski definition) is 4. The molecule has 1 aromatic rings. The minimum absolute atomic E-state index is 0.0330. The van der Waals surface area contributed by atoms with Crippen molar-refractivity contribution in [3.63, 3.8) is 0 Å². The van der Waals surface area contributed by atoms with E-state index >= 15 is 0 Å². The van der Waals surface area contributed by atoms with Gasteiger partial charge in [-0.15, -0.1) is 0 Å². The monoisotopic (exact) mass is 244 g/mol. The number of ether oxygens (including phenoxy) is 1. The molecule has 0 unspecified atom stereocenters. The van der Waals surface area contributed by atoms with E-state index in [0.717, 1.165) is 0 Å². The molecule has 0 aliphatic carbocycles. The highest BCUT2D eigenvalue weighted by Crippen LogP contribution is 2.28. The summed E-state index contributed by atoms with van der Waals surface area (Å²) in [5.41, 5.74) is 4.94. The Morgan fingerprint density at radius 1 is 1.53 bits per heavy atom. The lowest BCUT2D eigenvalue weighted by molar-refractivity contribution is -0.147. The highest BCUT2D eigenvalue weighted by atomic mass is 16.5. The van der Waals surface area contributed by atoms with Crippen LogP contribution < -0.4 is 5.73 Å². The van der Waals surface area contributed by atoms with Crippen molar-refractivity contribution in [2.45, 2.75) is 19.1 Å². The van der Waals surface area contributed by atoms with Crippen LogP contribution >= 0.6 is 0 Å². The second-order valence-electron chi connectivity index (χ2n) is 3.21. The molecule has 0 bridgehead atoms. The summed E-state index contributed by atoms with van der Waals surface area (Å²) in [6.07, 6.45) is -1.82. The van der Waals surface area contributed by atoms with Crippen LogP contribution in [0.1, 0.15) is 22.7 Å². The van der Waals surface area contributed by atoms with E-state index in [1.54, 1.807) is 0 Å². The molecular weight excluding hydrogens is 226 g/mol. The van der Waals surface area contributed by atoms with Crippen LogP contribution in [-0.4, -0.2) is 33.9 Å². The van der Waals surface area contributed by atoms with Crippen molar-refractivity contribution in [2.75, 3.05) is 6.61 Å². The molecule has 5 N–H and O–H groups in total. The van der Waals surface area contributed by atoms with Gasteiger partial charge in [-0.25, -0.2) is 0 Å². The van der Waals surface area contributed by atoms with Crippen LogP contribution in [0.3, 0.4) is 0 Å². The summed E-state index contributed by atoms with van der Waals surface area (Å²) < 4.78 is 27.2. The van der Waals surface area contributed by atoms with Gasteiger partial charge in [0.2, 0.25) is 0 Å². The molecule has 0 amide bonds. The quantitative estimate of drug-likeness (QED) is 0.438. The van der Waals surface area contributed by atoms with Crippen LogP contribution in [0.25, 0.3) is 0 Å². The van der Waals surface area contributed by atoms with E-state index in [-0.39, 0.29) is 6.61 Å². The Hall–Kier alpha value is -1.79. The SMILES string of the molecule is [2H]c1c([2H])c([C@@H](O)[C@@H](N)C(=O)OCC)c([2H])c(O)c1O. The van der Waals surface area contributed by atoms with Crippen molar-refractivity contribution in [2.24, 2.45) is 5.73 Å². The molecule has 2 atom stereocenters. The Morgan fingerprint density at radius 3 is 2.76 bits per heavy atom. The van der Waals surface area contributed by atoms with E-state index in [4.69, 9.17) is 9.85 Å². The smallest absolute Gasteiger partial charge is 0.325 e. The zero-order chi connectivity index (χ0) is 15.6. The summed E-state index contributed by atoms with van der Waals surface area (Å²) in [5.74, 6) is -2.85. The number of aliphatic hydroxyl groups is 1. The first-order chi connectivity index (χ1) is 9.23. The Labute approximate surface area is 102 Å². The molecule has 0 saturated carbocycles. The number of hydrogen-bond acceptors (Lipinski definition) is 6. The van der Waals surface area contributed by atoms with E-state index in [1.807, 2.05) is 0 Å². The van der Waals surface area contributed by atoms with Crippen molar-refractivity contribution in [3.05, 3.63) is 23.7 Å². The van der Waals surface area contributed by atoms with Gasteiger partial charge >= 0.3 is 5.97 Å². The topological polar surface area (TPSA) is 113 Å².